The number of rotatable bonds is 5. The van der Waals surface area contributed by atoms with Crippen LogP contribution in [0, 0.1) is 6.92 Å². The van der Waals surface area contributed by atoms with Crippen LogP contribution in [0.3, 0.4) is 0 Å². The molecule has 1 saturated heterocycles. The smallest absolute Gasteiger partial charge is 0.258 e. The fourth-order valence-electron chi connectivity index (χ4n) is 4.19. The normalized spacial score (nSPS) is 15.8. The molecule has 0 radical (unpaired) electrons. The van der Waals surface area contributed by atoms with Crippen LogP contribution in [0.15, 0.2) is 60.7 Å². The molecule has 5 nitrogen and oxygen atoms in total. The van der Waals surface area contributed by atoms with Gasteiger partial charge in [0.25, 0.3) is 5.91 Å². The third-order valence-electron chi connectivity index (χ3n) is 5.57. The van der Waals surface area contributed by atoms with Gasteiger partial charge in [0.1, 0.15) is 0 Å². The Hall–Kier alpha value is -3.34. The van der Waals surface area contributed by atoms with Crippen molar-refractivity contribution in [2.24, 2.45) is 0 Å². The standard InChI is InChI=1S/C25H26N2O3/c1-17-15-19(18-9-5-4-6-10-18)16-21(26-17)22-12-8-14-27(22)25(28)20-11-7-13-23(29-2)24(20)30-3/h4-7,9-11,13,15-16,22H,8,12,14H2,1-3H3. The Kier molecular flexibility index (Phi) is 5.70. The lowest BCUT2D eigenvalue weighted by Crippen LogP contribution is -2.31. The van der Waals surface area contributed by atoms with Crippen molar-refractivity contribution in [2.45, 2.75) is 25.8 Å². The van der Waals surface area contributed by atoms with Crippen molar-refractivity contribution in [2.75, 3.05) is 20.8 Å². The quantitative estimate of drug-likeness (QED) is 0.599. The Morgan fingerprint density at radius 3 is 2.53 bits per heavy atom. The molecule has 30 heavy (non-hydrogen) atoms. The zero-order chi connectivity index (χ0) is 21.1. The van der Waals surface area contributed by atoms with E-state index in [0.29, 0.717) is 23.6 Å². The monoisotopic (exact) mass is 402 g/mol. The molecule has 0 saturated carbocycles. The number of nitrogens with zero attached hydrogens (tertiary/aromatic N) is 2. The van der Waals surface area contributed by atoms with Gasteiger partial charge >= 0.3 is 0 Å². The van der Waals surface area contributed by atoms with Crippen molar-refractivity contribution < 1.29 is 14.3 Å². The minimum Gasteiger partial charge on any atom is -0.493 e. The van der Waals surface area contributed by atoms with E-state index in [4.69, 9.17) is 14.5 Å². The Morgan fingerprint density at radius 1 is 1.00 bits per heavy atom. The third kappa shape index (κ3) is 3.75. The van der Waals surface area contributed by atoms with E-state index in [9.17, 15) is 4.79 Å². The Balaban J connectivity index is 1.70. The SMILES string of the molecule is COc1cccc(C(=O)N2CCCC2c2cc(-c3ccccc3)cc(C)n2)c1OC. The molecular formula is C25H26N2O3. The number of methoxy groups -OCH3 is 2. The summed E-state index contributed by atoms with van der Waals surface area (Å²) in [4.78, 5) is 20.2. The minimum atomic E-state index is -0.0595. The number of aromatic nitrogens is 1. The van der Waals surface area contributed by atoms with Crippen LogP contribution < -0.4 is 9.47 Å². The molecule has 1 aliphatic heterocycles. The number of carbonyl (C=O) groups is 1. The fourth-order valence-corrected chi connectivity index (χ4v) is 4.19. The first-order valence-corrected chi connectivity index (χ1v) is 10.2. The summed E-state index contributed by atoms with van der Waals surface area (Å²) in [7, 11) is 3.14. The third-order valence-corrected chi connectivity index (χ3v) is 5.57. The van der Waals surface area contributed by atoms with Gasteiger partial charge in [0.05, 0.1) is 31.5 Å². The topological polar surface area (TPSA) is 51.7 Å². The predicted octanol–water partition coefficient (Wildman–Crippen LogP) is 5.05. The van der Waals surface area contributed by atoms with Crippen molar-refractivity contribution >= 4 is 5.91 Å². The molecule has 0 aliphatic carbocycles. The summed E-state index contributed by atoms with van der Waals surface area (Å²) in [6, 6.07) is 19.8. The van der Waals surface area contributed by atoms with Crippen LogP contribution in [-0.4, -0.2) is 36.6 Å². The zero-order valence-electron chi connectivity index (χ0n) is 17.6. The summed E-state index contributed by atoms with van der Waals surface area (Å²) in [5.74, 6) is 0.967. The van der Waals surface area contributed by atoms with E-state index in [-0.39, 0.29) is 11.9 Å². The predicted molar refractivity (Wildman–Crippen MR) is 117 cm³/mol. The summed E-state index contributed by atoms with van der Waals surface area (Å²) < 4.78 is 10.9. The number of hydrogen-bond donors (Lipinski definition) is 0. The number of ether oxygens (including phenoxy) is 2. The highest BCUT2D eigenvalue weighted by molar-refractivity contribution is 5.98. The van der Waals surface area contributed by atoms with Crippen molar-refractivity contribution in [3.8, 4) is 22.6 Å². The maximum Gasteiger partial charge on any atom is 0.258 e. The Morgan fingerprint density at radius 2 is 1.80 bits per heavy atom. The van der Waals surface area contributed by atoms with Gasteiger partial charge in [0.15, 0.2) is 11.5 Å². The summed E-state index contributed by atoms with van der Waals surface area (Å²) in [6.07, 6.45) is 1.84. The molecule has 2 aromatic carbocycles. The number of pyridine rings is 1. The van der Waals surface area contributed by atoms with Gasteiger partial charge < -0.3 is 14.4 Å². The second-order valence-corrected chi connectivity index (χ2v) is 7.49. The van der Waals surface area contributed by atoms with Gasteiger partial charge in [-0.1, -0.05) is 36.4 Å². The van der Waals surface area contributed by atoms with Crippen LogP contribution in [0.25, 0.3) is 11.1 Å². The van der Waals surface area contributed by atoms with Crippen molar-refractivity contribution in [3.05, 3.63) is 77.6 Å². The van der Waals surface area contributed by atoms with Crippen LogP contribution in [0.4, 0.5) is 0 Å². The molecule has 1 aromatic heterocycles. The van der Waals surface area contributed by atoms with Crippen LogP contribution >= 0.6 is 0 Å². The summed E-state index contributed by atoms with van der Waals surface area (Å²) in [5, 5.41) is 0. The van der Waals surface area contributed by atoms with Gasteiger partial charge in [0, 0.05) is 12.2 Å². The van der Waals surface area contributed by atoms with Gasteiger partial charge in [-0.05, 0) is 55.2 Å². The number of para-hydroxylation sites is 1. The van der Waals surface area contributed by atoms with Crippen LogP contribution in [0.5, 0.6) is 11.5 Å². The van der Waals surface area contributed by atoms with E-state index < -0.39 is 0 Å². The first-order valence-electron chi connectivity index (χ1n) is 10.2. The molecule has 0 N–H and O–H groups in total. The van der Waals surface area contributed by atoms with E-state index in [1.54, 1.807) is 26.4 Å². The molecule has 3 aromatic rings. The Bertz CT molecular complexity index is 1050. The van der Waals surface area contributed by atoms with E-state index >= 15 is 0 Å². The van der Waals surface area contributed by atoms with Crippen molar-refractivity contribution in [1.29, 1.82) is 0 Å². The summed E-state index contributed by atoms with van der Waals surface area (Å²) in [6.45, 7) is 2.70. The molecule has 1 amide bonds. The van der Waals surface area contributed by atoms with Crippen molar-refractivity contribution in [1.82, 2.24) is 9.88 Å². The summed E-state index contributed by atoms with van der Waals surface area (Å²) in [5.41, 5.74) is 4.66. The van der Waals surface area contributed by atoms with Gasteiger partial charge in [0.2, 0.25) is 0 Å². The lowest BCUT2D eigenvalue weighted by molar-refractivity contribution is 0.0728. The molecule has 2 heterocycles. The second-order valence-electron chi connectivity index (χ2n) is 7.49. The molecule has 1 unspecified atom stereocenters. The molecule has 0 bridgehead atoms. The first-order chi connectivity index (χ1) is 14.6. The summed E-state index contributed by atoms with van der Waals surface area (Å²) >= 11 is 0. The highest BCUT2D eigenvalue weighted by atomic mass is 16.5. The number of carbonyl (C=O) groups excluding carboxylic acids is 1. The molecular weight excluding hydrogens is 376 g/mol. The van der Waals surface area contributed by atoms with E-state index in [2.05, 4.69) is 24.3 Å². The molecule has 5 heteroatoms. The molecule has 1 aliphatic rings. The van der Waals surface area contributed by atoms with Gasteiger partial charge in [-0.15, -0.1) is 0 Å². The maximum atomic E-state index is 13.5. The maximum absolute atomic E-state index is 13.5. The van der Waals surface area contributed by atoms with Crippen LogP contribution in [0.1, 0.15) is 40.6 Å². The average molecular weight is 402 g/mol. The van der Waals surface area contributed by atoms with Gasteiger partial charge in [-0.2, -0.15) is 0 Å². The number of aryl methyl sites for hydroxylation is 1. The molecule has 154 valence electrons. The number of likely N-dealkylation sites (tertiary alicyclic amines) is 1. The van der Waals surface area contributed by atoms with E-state index in [0.717, 1.165) is 35.4 Å². The van der Waals surface area contributed by atoms with E-state index in [1.807, 2.05) is 36.1 Å². The van der Waals surface area contributed by atoms with Crippen LogP contribution in [-0.2, 0) is 0 Å². The van der Waals surface area contributed by atoms with E-state index in [1.165, 1.54) is 0 Å². The minimum absolute atomic E-state index is 0.0576. The van der Waals surface area contributed by atoms with Gasteiger partial charge in [-0.3, -0.25) is 9.78 Å². The number of hydrogen-bond acceptors (Lipinski definition) is 4. The van der Waals surface area contributed by atoms with Crippen molar-refractivity contribution in [3.63, 3.8) is 0 Å². The molecule has 4 rings (SSSR count). The molecule has 0 spiro atoms. The lowest BCUT2D eigenvalue weighted by atomic mass is 10.0. The first kappa shape index (κ1) is 20.0. The second kappa shape index (κ2) is 8.57. The highest BCUT2D eigenvalue weighted by Gasteiger charge is 2.33. The van der Waals surface area contributed by atoms with Gasteiger partial charge in [-0.25, -0.2) is 0 Å². The molecule has 1 atom stereocenters. The fraction of sp³-hybridized carbons (Fsp3) is 0.280. The largest absolute Gasteiger partial charge is 0.493 e. The van der Waals surface area contributed by atoms with Crippen LogP contribution in [0.2, 0.25) is 0 Å². The highest BCUT2D eigenvalue weighted by Crippen LogP contribution is 2.37. The molecule has 1 fully saturated rings. The number of benzene rings is 2. The number of amides is 1. The Labute approximate surface area is 177 Å². The zero-order valence-corrected chi connectivity index (χ0v) is 17.6. The lowest BCUT2D eigenvalue weighted by Gasteiger charge is -2.26. The average Bonchev–Trinajstić information content (AvgIpc) is 3.28.